The number of fused-ring (bicyclic) bond motifs is 1. The molecule has 1 unspecified atom stereocenters. The van der Waals surface area contributed by atoms with Gasteiger partial charge in [-0.2, -0.15) is 18.2 Å². The van der Waals surface area contributed by atoms with Gasteiger partial charge in [-0.15, -0.1) is 0 Å². The maximum absolute atomic E-state index is 13.1. The van der Waals surface area contributed by atoms with E-state index in [0.29, 0.717) is 41.3 Å². The van der Waals surface area contributed by atoms with Crippen molar-refractivity contribution in [2.24, 2.45) is 0 Å². The van der Waals surface area contributed by atoms with E-state index in [4.69, 9.17) is 0 Å². The van der Waals surface area contributed by atoms with Crippen LogP contribution in [-0.2, 0) is 12.7 Å². The predicted molar refractivity (Wildman–Crippen MR) is 119 cm³/mol. The molecular formula is C22H28F3N7. The largest absolute Gasteiger partial charge is 0.416 e. The summed E-state index contributed by atoms with van der Waals surface area (Å²) in [6, 6.07) is 5.51. The van der Waals surface area contributed by atoms with Crippen LogP contribution in [0.25, 0.3) is 11.2 Å². The first-order valence-electron chi connectivity index (χ1n) is 10.8. The van der Waals surface area contributed by atoms with Gasteiger partial charge in [0.2, 0.25) is 11.9 Å². The normalized spacial score (nSPS) is 17.1. The molecule has 2 aromatic heterocycles. The number of anilines is 3. The minimum atomic E-state index is -4.41. The molecule has 1 aromatic carbocycles. The minimum absolute atomic E-state index is 0.217. The number of aryl methyl sites for hydroxylation is 1. The highest BCUT2D eigenvalue weighted by Gasteiger charge is 2.30. The molecule has 0 saturated carbocycles. The molecule has 1 atom stereocenters. The number of aromatic nitrogens is 4. The molecule has 0 bridgehead atoms. The van der Waals surface area contributed by atoms with Gasteiger partial charge in [-0.25, -0.2) is 9.97 Å². The molecule has 32 heavy (non-hydrogen) atoms. The summed E-state index contributed by atoms with van der Waals surface area (Å²) in [6.45, 7) is 7.69. The van der Waals surface area contributed by atoms with E-state index in [1.807, 2.05) is 25.3 Å². The first-order chi connectivity index (χ1) is 15.1. The summed E-state index contributed by atoms with van der Waals surface area (Å²) in [6.07, 6.45) is 0.346. The van der Waals surface area contributed by atoms with E-state index >= 15 is 0 Å². The van der Waals surface area contributed by atoms with Crippen LogP contribution in [0.2, 0.25) is 0 Å². The number of alkyl halides is 3. The van der Waals surface area contributed by atoms with Gasteiger partial charge in [0.25, 0.3) is 0 Å². The van der Waals surface area contributed by atoms with Crippen molar-refractivity contribution in [1.82, 2.24) is 24.8 Å². The molecular weight excluding hydrogens is 419 g/mol. The van der Waals surface area contributed by atoms with Crippen molar-refractivity contribution in [1.29, 1.82) is 0 Å². The number of imidazole rings is 1. The summed E-state index contributed by atoms with van der Waals surface area (Å²) in [4.78, 5) is 13.6. The van der Waals surface area contributed by atoms with E-state index in [2.05, 4.69) is 30.9 Å². The molecule has 3 N–H and O–H groups in total. The van der Waals surface area contributed by atoms with E-state index in [0.717, 1.165) is 37.9 Å². The van der Waals surface area contributed by atoms with Gasteiger partial charge >= 0.3 is 6.18 Å². The number of rotatable bonds is 6. The number of hydrogen-bond donors (Lipinski definition) is 3. The van der Waals surface area contributed by atoms with Crippen LogP contribution in [0.1, 0.15) is 45.6 Å². The monoisotopic (exact) mass is 447 g/mol. The molecule has 10 heteroatoms. The fraction of sp³-hybridized carbons (Fsp3) is 0.500. The van der Waals surface area contributed by atoms with Gasteiger partial charge in [-0.05, 0) is 64.8 Å². The van der Waals surface area contributed by atoms with Crippen molar-refractivity contribution >= 4 is 28.7 Å². The van der Waals surface area contributed by atoms with E-state index in [9.17, 15) is 13.2 Å². The Morgan fingerprint density at radius 1 is 1.19 bits per heavy atom. The molecule has 0 aliphatic carbocycles. The molecule has 0 spiro atoms. The number of benzene rings is 1. The second-order valence-electron chi connectivity index (χ2n) is 9.15. The SMILES string of the molecule is CC(C)(C)Nc1ncc2nc(Nc3cccc(C(F)(F)F)c3)n(CCC3CCCN3)c2n1. The third-order valence-corrected chi connectivity index (χ3v) is 5.28. The van der Waals surface area contributed by atoms with Gasteiger partial charge in [0.1, 0.15) is 5.52 Å². The first-order valence-corrected chi connectivity index (χ1v) is 10.8. The Balaban J connectivity index is 1.69. The molecule has 0 radical (unpaired) electrons. The molecule has 1 fully saturated rings. The second kappa shape index (κ2) is 8.57. The van der Waals surface area contributed by atoms with E-state index in [-0.39, 0.29) is 5.54 Å². The van der Waals surface area contributed by atoms with Gasteiger partial charge in [0, 0.05) is 23.8 Å². The molecule has 3 heterocycles. The lowest BCUT2D eigenvalue weighted by Crippen LogP contribution is -2.27. The van der Waals surface area contributed by atoms with E-state index < -0.39 is 11.7 Å². The van der Waals surface area contributed by atoms with Gasteiger partial charge in [0.05, 0.1) is 11.8 Å². The van der Waals surface area contributed by atoms with Crippen LogP contribution in [0, 0.1) is 0 Å². The number of nitrogens with zero attached hydrogens (tertiary/aromatic N) is 4. The fourth-order valence-electron chi connectivity index (χ4n) is 3.81. The molecule has 1 saturated heterocycles. The fourth-order valence-corrected chi connectivity index (χ4v) is 3.81. The molecule has 4 rings (SSSR count). The predicted octanol–water partition coefficient (Wildman–Crippen LogP) is 4.94. The Morgan fingerprint density at radius 2 is 2.00 bits per heavy atom. The zero-order valence-electron chi connectivity index (χ0n) is 18.4. The third kappa shape index (κ3) is 5.29. The Morgan fingerprint density at radius 3 is 2.69 bits per heavy atom. The standard InChI is InChI=1S/C22H28F3N7/c1-21(2,3)31-19-27-13-17-18(30-19)32(11-9-15-8-5-10-26-15)20(29-17)28-16-7-4-6-14(12-16)22(23,24)25/h4,6-7,12-13,15,26H,5,8-11H2,1-3H3,(H,28,29)(H,27,30,31). The molecule has 1 aliphatic rings. The lowest BCUT2D eigenvalue weighted by Gasteiger charge is -2.20. The van der Waals surface area contributed by atoms with E-state index in [1.54, 1.807) is 12.3 Å². The maximum Gasteiger partial charge on any atom is 0.416 e. The van der Waals surface area contributed by atoms with Crippen LogP contribution in [0.3, 0.4) is 0 Å². The molecule has 3 aromatic rings. The van der Waals surface area contributed by atoms with Gasteiger partial charge in [-0.3, -0.25) is 4.57 Å². The highest BCUT2D eigenvalue weighted by atomic mass is 19.4. The van der Waals surface area contributed by atoms with E-state index in [1.165, 1.54) is 6.07 Å². The zero-order chi connectivity index (χ0) is 22.9. The smallest absolute Gasteiger partial charge is 0.350 e. The number of hydrogen-bond acceptors (Lipinski definition) is 6. The summed E-state index contributed by atoms with van der Waals surface area (Å²) in [5, 5.41) is 9.80. The first kappa shape index (κ1) is 22.3. The van der Waals surface area contributed by atoms with Gasteiger partial charge in [-0.1, -0.05) is 6.07 Å². The summed E-state index contributed by atoms with van der Waals surface area (Å²) >= 11 is 0. The van der Waals surface area contributed by atoms with Crippen molar-refractivity contribution in [3.05, 3.63) is 36.0 Å². The maximum atomic E-state index is 13.1. The minimum Gasteiger partial charge on any atom is -0.350 e. The Labute approximate surface area is 184 Å². The van der Waals surface area contributed by atoms with Crippen molar-refractivity contribution in [2.75, 3.05) is 17.2 Å². The Kier molecular flexibility index (Phi) is 5.98. The van der Waals surface area contributed by atoms with Crippen LogP contribution in [0.4, 0.5) is 30.8 Å². The average molecular weight is 448 g/mol. The lowest BCUT2D eigenvalue weighted by atomic mass is 10.1. The quantitative estimate of drug-likeness (QED) is 0.497. The van der Waals surface area contributed by atoms with Gasteiger partial charge in [0.15, 0.2) is 5.65 Å². The van der Waals surface area contributed by atoms with Crippen molar-refractivity contribution in [3.8, 4) is 0 Å². The van der Waals surface area contributed by atoms with Crippen molar-refractivity contribution in [3.63, 3.8) is 0 Å². The van der Waals surface area contributed by atoms with Crippen molar-refractivity contribution in [2.45, 2.75) is 64.3 Å². The summed E-state index contributed by atoms with van der Waals surface area (Å²) < 4.78 is 41.4. The average Bonchev–Trinajstić information content (AvgIpc) is 3.32. The summed E-state index contributed by atoms with van der Waals surface area (Å²) in [5.41, 5.74) is 0.608. The topological polar surface area (TPSA) is 79.7 Å². The Bertz CT molecular complexity index is 1080. The Hall–Kier alpha value is -2.88. The van der Waals surface area contributed by atoms with Crippen LogP contribution in [0.5, 0.6) is 0 Å². The highest BCUT2D eigenvalue weighted by Crippen LogP contribution is 2.32. The van der Waals surface area contributed by atoms with Gasteiger partial charge < -0.3 is 16.0 Å². The zero-order valence-corrected chi connectivity index (χ0v) is 18.4. The van der Waals surface area contributed by atoms with Crippen LogP contribution < -0.4 is 16.0 Å². The summed E-state index contributed by atoms with van der Waals surface area (Å²) in [7, 11) is 0. The molecule has 0 amide bonds. The molecule has 172 valence electrons. The summed E-state index contributed by atoms with van der Waals surface area (Å²) in [5.74, 6) is 0.926. The van der Waals surface area contributed by atoms with Crippen LogP contribution in [-0.4, -0.2) is 37.6 Å². The molecule has 1 aliphatic heterocycles. The van der Waals surface area contributed by atoms with Crippen LogP contribution in [0.15, 0.2) is 30.5 Å². The molecule has 7 nitrogen and oxygen atoms in total. The van der Waals surface area contributed by atoms with Crippen LogP contribution >= 0.6 is 0 Å². The lowest BCUT2D eigenvalue weighted by molar-refractivity contribution is -0.137. The second-order valence-corrected chi connectivity index (χ2v) is 9.15. The number of halogens is 3. The highest BCUT2D eigenvalue weighted by molar-refractivity contribution is 5.76. The number of nitrogens with one attached hydrogen (secondary N) is 3. The van der Waals surface area contributed by atoms with Crippen molar-refractivity contribution < 1.29 is 13.2 Å². The third-order valence-electron chi connectivity index (χ3n) is 5.28.